The zero-order chi connectivity index (χ0) is 18.5. The number of nitrogen functional groups attached to an aromatic ring is 1. The highest BCUT2D eigenvalue weighted by atomic mass is 16.5. The van der Waals surface area contributed by atoms with Crippen molar-refractivity contribution < 1.29 is 14.1 Å². The first-order chi connectivity index (χ1) is 12.5. The number of nitrogens with one attached hydrogen (secondary N) is 1. The van der Waals surface area contributed by atoms with E-state index in [9.17, 15) is 9.59 Å². The molecule has 0 radical (unpaired) electrons. The van der Waals surface area contributed by atoms with Crippen LogP contribution in [0.1, 0.15) is 11.3 Å². The van der Waals surface area contributed by atoms with Crippen molar-refractivity contribution in [1.82, 2.24) is 15.0 Å². The molecule has 0 saturated carbocycles. The van der Waals surface area contributed by atoms with E-state index >= 15 is 0 Å². The van der Waals surface area contributed by atoms with Gasteiger partial charge in [0.25, 0.3) is 0 Å². The van der Waals surface area contributed by atoms with Crippen molar-refractivity contribution in [2.45, 2.75) is 13.3 Å². The molecular formula is C18H23N5O3. The van der Waals surface area contributed by atoms with E-state index in [1.54, 1.807) is 25.1 Å². The van der Waals surface area contributed by atoms with Gasteiger partial charge in [0.1, 0.15) is 5.76 Å². The van der Waals surface area contributed by atoms with Gasteiger partial charge in [-0.2, -0.15) is 0 Å². The van der Waals surface area contributed by atoms with Gasteiger partial charge in [0.15, 0.2) is 5.82 Å². The van der Waals surface area contributed by atoms with Crippen molar-refractivity contribution in [2.24, 2.45) is 0 Å². The van der Waals surface area contributed by atoms with Gasteiger partial charge in [0, 0.05) is 37.9 Å². The van der Waals surface area contributed by atoms with Crippen LogP contribution >= 0.6 is 0 Å². The van der Waals surface area contributed by atoms with E-state index in [1.807, 2.05) is 21.9 Å². The number of nitrogens with two attached hydrogens (primary N) is 1. The summed E-state index contributed by atoms with van der Waals surface area (Å²) in [7, 11) is 0. The van der Waals surface area contributed by atoms with Crippen LogP contribution < -0.4 is 11.1 Å². The van der Waals surface area contributed by atoms with E-state index < -0.39 is 0 Å². The number of piperazine rings is 1. The second-order valence-corrected chi connectivity index (χ2v) is 6.45. The SMILES string of the molecule is Cc1cc(NC(=O)CN2CCN(C(=O)Cc3ccc(N)cc3)CC2)no1. The molecule has 2 heterocycles. The Morgan fingerprint density at radius 2 is 1.88 bits per heavy atom. The standard InChI is InChI=1S/C18H23N5O3/c1-13-10-16(21-26-13)20-17(24)12-22-6-8-23(9-7-22)18(25)11-14-2-4-15(19)5-3-14/h2-5,10H,6-9,11-12,19H2,1H3,(H,20,21,24). The number of benzene rings is 1. The molecule has 1 saturated heterocycles. The minimum Gasteiger partial charge on any atom is -0.399 e. The van der Waals surface area contributed by atoms with Crippen LogP contribution in [0.25, 0.3) is 0 Å². The number of carbonyl (C=O) groups excluding carboxylic acids is 2. The lowest BCUT2D eigenvalue weighted by Crippen LogP contribution is -2.50. The Labute approximate surface area is 151 Å². The number of nitrogens with zero attached hydrogens (tertiary/aromatic N) is 3. The van der Waals surface area contributed by atoms with Crippen molar-refractivity contribution in [3.8, 4) is 0 Å². The normalized spacial score (nSPS) is 15.0. The summed E-state index contributed by atoms with van der Waals surface area (Å²) < 4.78 is 4.92. The molecule has 0 bridgehead atoms. The Morgan fingerprint density at radius 1 is 1.19 bits per heavy atom. The highest BCUT2D eigenvalue weighted by Gasteiger charge is 2.22. The molecule has 2 amide bonds. The Balaban J connectivity index is 1.42. The molecule has 0 spiro atoms. The lowest BCUT2D eigenvalue weighted by molar-refractivity contribution is -0.132. The van der Waals surface area contributed by atoms with Crippen LogP contribution in [-0.2, 0) is 16.0 Å². The fourth-order valence-corrected chi connectivity index (χ4v) is 2.89. The van der Waals surface area contributed by atoms with Crippen LogP contribution in [0.4, 0.5) is 11.5 Å². The van der Waals surface area contributed by atoms with Crippen molar-refractivity contribution in [3.63, 3.8) is 0 Å². The van der Waals surface area contributed by atoms with Crippen LogP contribution in [0, 0.1) is 6.92 Å². The van der Waals surface area contributed by atoms with Gasteiger partial charge in [0.2, 0.25) is 11.8 Å². The minimum absolute atomic E-state index is 0.0944. The molecule has 1 aliphatic rings. The Bertz CT molecular complexity index is 763. The van der Waals surface area contributed by atoms with Gasteiger partial charge in [-0.3, -0.25) is 14.5 Å². The third-order valence-electron chi connectivity index (χ3n) is 4.32. The van der Waals surface area contributed by atoms with Crippen LogP contribution in [0.5, 0.6) is 0 Å². The maximum atomic E-state index is 12.4. The summed E-state index contributed by atoms with van der Waals surface area (Å²) in [4.78, 5) is 28.3. The molecule has 8 nitrogen and oxygen atoms in total. The van der Waals surface area contributed by atoms with E-state index in [2.05, 4.69) is 10.5 Å². The molecule has 1 aliphatic heterocycles. The average Bonchev–Trinajstić information content (AvgIpc) is 3.02. The molecule has 0 aliphatic carbocycles. The molecular weight excluding hydrogens is 334 g/mol. The fraction of sp³-hybridized carbons (Fsp3) is 0.389. The Morgan fingerprint density at radius 3 is 2.50 bits per heavy atom. The first-order valence-corrected chi connectivity index (χ1v) is 8.57. The highest BCUT2D eigenvalue weighted by molar-refractivity contribution is 5.91. The monoisotopic (exact) mass is 357 g/mol. The van der Waals surface area contributed by atoms with Gasteiger partial charge >= 0.3 is 0 Å². The number of anilines is 2. The molecule has 8 heteroatoms. The second kappa shape index (κ2) is 8.01. The third-order valence-corrected chi connectivity index (χ3v) is 4.32. The zero-order valence-electron chi connectivity index (χ0n) is 14.8. The molecule has 0 atom stereocenters. The van der Waals surface area contributed by atoms with E-state index in [0.29, 0.717) is 49.9 Å². The molecule has 0 unspecified atom stereocenters. The van der Waals surface area contributed by atoms with Crippen LogP contribution in [0.15, 0.2) is 34.9 Å². The zero-order valence-corrected chi connectivity index (χ0v) is 14.8. The molecule has 2 aromatic rings. The smallest absolute Gasteiger partial charge is 0.239 e. The van der Waals surface area contributed by atoms with Crippen molar-refractivity contribution >= 4 is 23.3 Å². The topological polar surface area (TPSA) is 105 Å². The molecule has 138 valence electrons. The summed E-state index contributed by atoms with van der Waals surface area (Å²) >= 11 is 0. The van der Waals surface area contributed by atoms with Gasteiger partial charge in [-0.1, -0.05) is 17.3 Å². The van der Waals surface area contributed by atoms with Gasteiger partial charge in [0.05, 0.1) is 13.0 Å². The predicted octanol–water partition coefficient (Wildman–Crippen LogP) is 0.891. The van der Waals surface area contributed by atoms with Gasteiger partial charge in [-0.25, -0.2) is 0 Å². The van der Waals surface area contributed by atoms with Crippen LogP contribution in [0.3, 0.4) is 0 Å². The molecule has 1 aromatic heterocycles. The molecule has 1 aromatic carbocycles. The Hall–Kier alpha value is -2.87. The van der Waals surface area contributed by atoms with Crippen molar-refractivity contribution in [1.29, 1.82) is 0 Å². The summed E-state index contributed by atoms with van der Waals surface area (Å²) in [5.41, 5.74) is 7.30. The number of rotatable bonds is 5. The fourth-order valence-electron chi connectivity index (χ4n) is 2.89. The van der Waals surface area contributed by atoms with E-state index in [-0.39, 0.29) is 18.4 Å². The summed E-state index contributed by atoms with van der Waals surface area (Å²) in [6.07, 6.45) is 0.367. The predicted molar refractivity (Wildman–Crippen MR) is 97.4 cm³/mol. The van der Waals surface area contributed by atoms with Crippen molar-refractivity contribution in [2.75, 3.05) is 43.8 Å². The summed E-state index contributed by atoms with van der Waals surface area (Å²) in [5, 5.41) is 6.45. The summed E-state index contributed by atoms with van der Waals surface area (Å²) in [6, 6.07) is 9.02. The van der Waals surface area contributed by atoms with Gasteiger partial charge in [-0.15, -0.1) is 0 Å². The minimum atomic E-state index is -0.139. The van der Waals surface area contributed by atoms with Crippen molar-refractivity contribution in [3.05, 3.63) is 41.7 Å². The van der Waals surface area contributed by atoms with Gasteiger partial charge in [-0.05, 0) is 24.6 Å². The lowest BCUT2D eigenvalue weighted by atomic mass is 10.1. The molecule has 26 heavy (non-hydrogen) atoms. The molecule has 1 fully saturated rings. The largest absolute Gasteiger partial charge is 0.399 e. The highest BCUT2D eigenvalue weighted by Crippen LogP contribution is 2.10. The van der Waals surface area contributed by atoms with Crippen LogP contribution in [0.2, 0.25) is 0 Å². The Kier molecular flexibility index (Phi) is 5.52. The number of carbonyl (C=O) groups is 2. The maximum Gasteiger partial charge on any atom is 0.239 e. The maximum absolute atomic E-state index is 12.4. The summed E-state index contributed by atoms with van der Waals surface area (Å²) in [5.74, 6) is 1.02. The number of hydrogen-bond donors (Lipinski definition) is 2. The second-order valence-electron chi connectivity index (χ2n) is 6.45. The quantitative estimate of drug-likeness (QED) is 0.770. The lowest BCUT2D eigenvalue weighted by Gasteiger charge is -2.34. The molecule has 3 N–H and O–H groups in total. The first-order valence-electron chi connectivity index (χ1n) is 8.57. The van der Waals surface area contributed by atoms with E-state index in [4.69, 9.17) is 10.3 Å². The number of amides is 2. The summed E-state index contributed by atoms with van der Waals surface area (Å²) in [6.45, 7) is 4.60. The third kappa shape index (κ3) is 4.82. The number of aryl methyl sites for hydroxylation is 1. The number of hydrogen-bond acceptors (Lipinski definition) is 6. The first kappa shape index (κ1) is 17.9. The van der Waals surface area contributed by atoms with Gasteiger partial charge < -0.3 is 20.5 Å². The number of aromatic nitrogens is 1. The molecule has 3 rings (SSSR count). The van der Waals surface area contributed by atoms with E-state index in [1.165, 1.54) is 0 Å². The van der Waals surface area contributed by atoms with E-state index in [0.717, 1.165) is 5.56 Å². The van der Waals surface area contributed by atoms with Crippen LogP contribution in [-0.4, -0.2) is 59.5 Å². The average molecular weight is 357 g/mol.